The molecule has 2 aromatic carbocycles. The van der Waals surface area contributed by atoms with E-state index >= 15 is 0 Å². The molecule has 0 fully saturated rings. The molecule has 0 spiro atoms. The second-order valence-electron chi connectivity index (χ2n) is 10.3. The molecule has 9 nitrogen and oxygen atoms in total. The molecule has 4 rings (SSSR count). The largest absolute Gasteiger partial charge is 0.486 e. The van der Waals surface area contributed by atoms with Gasteiger partial charge < -0.3 is 14.7 Å². The Labute approximate surface area is 230 Å². The summed E-state index contributed by atoms with van der Waals surface area (Å²) in [6, 6.07) is 14.9. The molecule has 39 heavy (non-hydrogen) atoms. The minimum Gasteiger partial charge on any atom is -0.486 e. The van der Waals surface area contributed by atoms with Gasteiger partial charge in [-0.1, -0.05) is 30.7 Å². The molecule has 0 saturated heterocycles. The number of pyridine rings is 1. The number of carbonyl (C=O) groups excluding carboxylic acids is 1. The normalized spacial score (nSPS) is 18.6. The molecule has 1 amide bonds. The van der Waals surface area contributed by atoms with E-state index in [-0.39, 0.29) is 46.4 Å². The molecule has 0 radical (unpaired) electrons. The summed E-state index contributed by atoms with van der Waals surface area (Å²) >= 11 is 0. The predicted octanol–water partition coefficient (Wildman–Crippen LogP) is 3.54. The summed E-state index contributed by atoms with van der Waals surface area (Å²) in [5.41, 5.74) is 2.48. The fourth-order valence-corrected chi connectivity index (χ4v) is 5.70. The molecular formula is C29H36N4O5S. The number of nitrogens with zero attached hydrogens (tertiary/aromatic N) is 3. The van der Waals surface area contributed by atoms with Crippen molar-refractivity contribution in [2.45, 2.75) is 44.4 Å². The first-order chi connectivity index (χ1) is 18.6. The lowest BCUT2D eigenvalue weighted by molar-refractivity contribution is 0.0344. The van der Waals surface area contributed by atoms with Crippen molar-refractivity contribution in [3.05, 3.63) is 83.7 Å². The number of anilines is 1. The lowest BCUT2D eigenvalue weighted by Gasteiger charge is -2.38. The summed E-state index contributed by atoms with van der Waals surface area (Å²) in [5, 5.41) is 9.90. The third kappa shape index (κ3) is 6.76. The highest BCUT2D eigenvalue weighted by Crippen LogP contribution is 2.36. The van der Waals surface area contributed by atoms with Gasteiger partial charge in [-0.15, -0.1) is 0 Å². The number of amides is 1. The SMILES string of the molecule is Cc1ccc(S(=O)(=O)Nc2cccc3c2O[C@@H](CN(C)Cc2ccncc2)[C@H](C)CN([C@H](C)CO)C3=O)cc1. The Bertz CT molecular complexity index is 1380. The van der Waals surface area contributed by atoms with E-state index < -0.39 is 16.1 Å². The van der Waals surface area contributed by atoms with Crippen LogP contribution in [0.4, 0.5) is 5.69 Å². The van der Waals surface area contributed by atoms with Gasteiger partial charge in [0.2, 0.25) is 0 Å². The van der Waals surface area contributed by atoms with Gasteiger partial charge in [0.25, 0.3) is 15.9 Å². The number of hydrogen-bond donors (Lipinski definition) is 2. The number of aliphatic hydroxyl groups excluding tert-OH is 1. The van der Waals surface area contributed by atoms with E-state index in [1.54, 1.807) is 66.7 Å². The Kier molecular flexibility index (Phi) is 8.89. The molecule has 10 heteroatoms. The smallest absolute Gasteiger partial charge is 0.262 e. The van der Waals surface area contributed by atoms with E-state index in [2.05, 4.69) is 14.6 Å². The van der Waals surface area contributed by atoms with Crippen molar-refractivity contribution in [3.8, 4) is 5.75 Å². The monoisotopic (exact) mass is 552 g/mol. The maximum Gasteiger partial charge on any atom is 0.262 e. The summed E-state index contributed by atoms with van der Waals surface area (Å²) < 4.78 is 35.7. The quantitative estimate of drug-likeness (QED) is 0.418. The molecule has 3 atom stereocenters. The number of aromatic nitrogens is 1. The zero-order valence-electron chi connectivity index (χ0n) is 22.7. The fourth-order valence-electron chi connectivity index (χ4n) is 4.63. The zero-order valence-corrected chi connectivity index (χ0v) is 23.6. The number of ether oxygens (including phenoxy) is 1. The summed E-state index contributed by atoms with van der Waals surface area (Å²) in [6.45, 7) is 7.06. The molecule has 0 aliphatic carbocycles. The van der Waals surface area contributed by atoms with Crippen LogP contribution in [0.3, 0.4) is 0 Å². The highest BCUT2D eigenvalue weighted by Gasteiger charge is 2.35. The molecule has 0 bridgehead atoms. The lowest BCUT2D eigenvalue weighted by atomic mass is 9.99. The van der Waals surface area contributed by atoms with Gasteiger partial charge >= 0.3 is 0 Å². The minimum absolute atomic E-state index is 0.111. The Balaban J connectivity index is 1.71. The van der Waals surface area contributed by atoms with Crippen LogP contribution in [-0.2, 0) is 16.6 Å². The van der Waals surface area contributed by atoms with Crippen LogP contribution >= 0.6 is 0 Å². The van der Waals surface area contributed by atoms with Gasteiger partial charge in [-0.25, -0.2) is 8.42 Å². The molecule has 3 aromatic rings. The van der Waals surface area contributed by atoms with Gasteiger partial charge in [-0.2, -0.15) is 0 Å². The van der Waals surface area contributed by atoms with Gasteiger partial charge in [0.15, 0.2) is 5.75 Å². The van der Waals surface area contributed by atoms with Gasteiger partial charge in [0.05, 0.1) is 28.8 Å². The van der Waals surface area contributed by atoms with Crippen LogP contribution in [0.1, 0.15) is 35.3 Å². The molecule has 208 valence electrons. The minimum atomic E-state index is -3.94. The van der Waals surface area contributed by atoms with Crippen LogP contribution in [0.15, 0.2) is 71.9 Å². The third-order valence-electron chi connectivity index (χ3n) is 6.96. The molecule has 2 heterocycles. The van der Waals surface area contributed by atoms with Crippen LogP contribution in [0, 0.1) is 12.8 Å². The topological polar surface area (TPSA) is 112 Å². The van der Waals surface area contributed by atoms with E-state index in [1.165, 1.54) is 0 Å². The first kappa shape index (κ1) is 28.5. The van der Waals surface area contributed by atoms with E-state index in [0.29, 0.717) is 19.6 Å². The molecule has 1 aliphatic heterocycles. The second-order valence-corrected chi connectivity index (χ2v) is 12.0. The average Bonchev–Trinajstić information content (AvgIpc) is 2.91. The number of rotatable bonds is 9. The van der Waals surface area contributed by atoms with E-state index in [0.717, 1.165) is 11.1 Å². The first-order valence-corrected chi connectivity index (χ1v) is 14.5. The van der Waals surface area contributed by atoms with Crippen molar-refractivity contribution in [2.24, 2.45) is 5.92 Å². The average molecular weight is 553 g/mol. The second kappa shape index (κ2) is 12.1. The van der Waals surface area contributed by atoms with Crippen LogP contribution in [0.5, 0.6) is 5.75 Å². The van der Waals surface area contributed by atoms with Crippen molar-refractivity contribution in [3.63, 3.8) is 0 Å². The highest BCUT2D eigenvalue weighted by molar-refractivity contribution is 7.92. The van der Waals surface area contributed by atoms with Crippen LogP contribution in [0.25, 0.3) is 0 Å². The highest BCUT2D eigenvalue weighted by atomic mass is 32.2. The van der Waals surface area contributed by atoms with Crippen molar-refractivity contribution in [1.82, 2.24) is 14.8 Å². The molecule has 1 aromatic heterocycles. The molecule has 2 N–H and O–H groups in total. The number of sulfonamides is 1. The number of hydrogen-bond acceptors (Lipinski definition) is 7. The maximum absolute atomic E-state index is 13.7. The predicted molar refractivity (Wildman–Crippen MR) is 150 cm³/mol. The number of fused-ring (bicyclic) bond motifs is 1. The standard InChI is InChI=1S/C29H36N4O5S/c1-20-8-10-24(11-9-20)39(36,37)31-26-7-5-6-25-28(26)38-27(18-32(4)17-23-12-14-30-15-13-23)21(2)16-33(29(25)35)22(3)19-34/h5-15,21-22,27,31,34H,16-19H2,1-4H3/t21-,22-,27+/m1/s1. The van der Waals surface area contributed by atoms with Crippen molar-refractivity contribution in [2.75, 3.05) is 31.5 Å². The van der Waals surface area contributed by atoms with Gasteiger partial charge in [-0.3, -0.25) is 19.4 Å². The summed E-state index contributed by atoms with van der Waals surface area (Å²) in [5.74, 6) is -0.252. The fraction of sp³-hybridized carbons (Fsp3) is 0.379. The Morgan fingerprint density at radius 2 is 1.85 bits per heavy atom. The summed E-state index contributed by atoms with van der Waals surface area (Å²) in [4.78, 5) is 21.6. The Morgan fingerprint density at radius 1 is 1.15 bits per heavy atom. The Morgan fingerprint density at radius 3 is 2.51 bits per heavy atom. The van der Waals surface area contributed by atoms with Crippen LogP contribution in [-0.4, -0.2) is 73.1 Å². The van der Waals surface area contributed by atoms with Crippen molar-refractivity contribution >= 4 is 21.6 Å². The van der Waals surface area contributed by atoms with Crippen LogP contribution in [0.2, 0.25) is 0 Å². The number of carbonyl (C=O) groups is 1. The summed E-state index contributed by atoms with van der Waals surface area (Å²) in [6.07, 6.45) is 3.13. The van der Waals surface area contributed by atoms with Crippen LogP contribution < -0.4 is 9.46 Å². The molecular weight excluding hydrogens is 516 g/mol. The zero-order chi connectivity index (χ0) is 28.2. The Hall–Kier alpha value is -3.47. The van der Waals surface area contributed by atoms with E-state index in [4.69, 9.17) is 4.74 Å². The third-order valence-corrected chi connectivity index (χ3v) is 8.34. The number of nitrogens with one attached hydrogen (secondary N) is 1. The van der Waals surface area contributed by atoms with Crippen molar-refractivity contribution < 1.29 is 23.1 Å². The number of aliphatic hydroxyl groups is 1. The lowest BCUT2D eigenvalue weighted by Crippen LogP contribution is -2.49. The van der Waals surface area contributed by atoms with Gasteiger partial charge in [0.1, 0.15) is 6.10 Å². The van der Waals surface area contributed by atoms with Gasteiger partial charge in [0, 0.05) is 37.9 Å². The molecule has 1 aliphatic rings. The molecule has 0 saturated carbocycles. The first-order valence-electron chi connectivity index (χ1n) is 13.0. The molecule has 0 unspecified atom stereocenters. The van der Waals surface area contributed by atoms with E-state index in [9.17, 15) is 18.3 Å². The number of aryl methyl sites for hydroxylation is 1. The van der Waals surface area contributed by atoms with Crippen molar-refractivity contribution in [1.29, 1.82) is 0 Å². The number of para-hydroxylation sites is 1. The number of likely N-dealkylation sites (N-methyl/N-ethyl adjacent to an activating group) is 1. The summed E-state index contributed by atoms with van der Waals surface area (Å²) in [7, 11) is -1.96. The van der Waals surface area contributed by atoms with E-state index in [1.807, 2.05) is 33.0 Å². The number of benzene rings is 2. The van der Waals surface area contributed by atoms with Gasteiger partial charge in [-0.05, 0) is 62.9 Å². The maximum atomic E-state index is 13.7.